The zero-order valence-corrected chi connectivity index (χ0v) is 13.1. The minimum Gasteiger partial charge on any atom is -0.352 e. The highest BCUT2D eigenvalue weighted by Gasteiger charge is 2.48. The Hall–Kier alpha value is -1.84. The molecule has 2 atom stereocenters. The first kappa shape index (κ1) is 13.8. The first-order valence-corrected chi connectivity index (χ1v) is 7.93. The molecular formula is C19H22N2O. The third-order valence-electron chi connectivity index (χ3n) is 4.85. The van der Waals surface area contributed by atoms with E-state index in [1.54, 1.807) is 5.06 Å². The molecule has 2 aliphatic heterocycles. The lowest BCUT2D eigenvalue weighted by Crippen LogP contribution is -2.59. The fourth-order valence-corrected chi connectivity index (χ4v) is 4.06. The van der Waals surface area contributed by atoms with Crippen LogP contribution >= 0.6 is 0 Å². The molecule has 2 aromatic rings. The normalized spacial score (nSPS) is 26.6. The van der Waals surface area contributed by atoms with Crippen molar-refractivity contribution in [3.63, 3.8) is 0 Å². The summed E-state index contributed by atoms with van der Waals surface area (Å²) in [5.41, 5.74) is 3.91. The summed E-state index contributed by atoms with van der Waals surface area (Å²) >= 11 is 0. The molecule has 0 aliphatic carbocycles. The molecule has 3 heteroatoms. The molecule has 0 saturated carbocycles. The maximum absolute atomic E-state index is 10.7. The number of hydrogen-bond donors (Lipinski definition) is 1. The Labute approximate surface area is 131 Å². The quantitative estimate of drug-likeness (QED) is 0.869. The second-order valence-electron chi connectivity index (χ2n) is 7.25. The van der Waals surface area contributed by atoms with Gasteiger partial charge < -0.3 is 10.1 Å². The van der Waals surface area contributed by atoms with E-state index in [9.17, 15) is 5.21 Å². The summed E-state index contributed by atoms with van der Waals surface area (Å²) in [6.45, 7) is 6.09. The molecule has 22 heavy (non-hydrogen) atoms. The van der Waals surface area contributed by atoms with E-state index in [0.29, 0.717) is 6.54 Å². The third-order valence-corrected chi connectivity index (χ3v) is 4.85. The van der Waals surface area contributed by atoms with E-state index < -0.39 is 0 Å². The molecule has 4 rings (SSSR count). The van der Waals surface area contributed by atoms with Crippen LogP contribution in [0.5, 0.6) is 0 Å². The van der Waals surface area contributed by atoms with Crippen LogP contribution < -0.4 is 4.90 Å². The predicted octanol–water partition coefficient (Wildman–Crippen LogP) is 3.70. The topological polar surface area (TPSA) is 26.7 Å². The van der Waals surface area contributed by atoms with Crippen molar-refractivity contribution in [2.75, 3.05) is 18.0 Å². The molecule has 0 spiro atoms. The zero-order valence-electron chi connectivity index (χ0n) is 13.1. The van der Waals surface area contributed by atoms with E-state index in [1.807, 2.05) is 6.07 Å². The van der Waals surface area contributed by atoms with E-state index >= 15 is 0 Å². The molecule has 2 aromatic carbocycles. The highest BCUT2D eigenvalue weighted by molar-refractivity contribution is 5.65. The lowest BCUT2D eigenvalue weighted by atomic mass is 9.86. The first-order chi connectivity index (χ1) is 10.6. The van der Waals surface area contributed by atoms with Crippen molar-refractivity contribution in [1.29, 1.82) is 0 Å². The average molecular weight is 294 g/mol. The summed E-state index contributed by atoms with van der Waals surface area (Å²) < 4.78 is 0. The average Bonchev–Trinajstić information content (AvgIpc) is 2.82. The molecular weight excluding hydrogens is 272 g/mol. The number of anilines is 1. The van der Waals surface area contributed by atoms with Gasteiger partial charge in [0.1, 0.15) is 6.17 Å². The van der Waals surface area contributed by atoms with Gasteiger partial charge in [0.25, 0.3) is 0 Å². The summed E-state index contributed by atoms with van der Waals surface area (Å²) in [5, 5.41) is 12.3. The number of rotatable bonds is 1. The minimum atomic E-state index is -0.00664. The van der Waals surface area contributed by atoms with Gasteiger partial charge in [-0.05, 0) is 22.6 Å². The summed E-state index contributed by atoms with van der Waals surface area (Å²) in [7, 11) is 0. The molecule has 2 heterocycles. The van der Waals surface area contributed by atoms with Gasteiger partial charge in [-0.3, -0.25) is 0 Å². The van der Waals surface area contributed by atoms with E-state index in [2.05, 4.69) is 67.3 Å². The van der Waals surface area contributed by atoms with Gasteiger partial charge in [0.15, 0.2) is 0 Å². The van der Waals surface area contributed by atoms with Crippen LogP contribution in [0.3, 0.4) is 0 Å². The van der Waals surface area contributed by atoms with E-state index in [-0.39, 0.29) is 17.5 Å². The van der Waals surface area contributed by atoms with Gasteiger partial charge in [0.05, 0.1) is 0 Å². The molecule has 1 fully saturated rings. The molecule has 114 valence electrons. The van der Waals surface area contributed by atoms with Crippen molar-refractivity contribution in [3.05, 3.63) is 65.7 Å². The standard InChI is InChI=1S/C19H22N2O/c1-19(2)12-20-16-11-7-6-10-15(16)17(18(20)21(22)13-19)14-8-4-3-5-9-14/h3-11,17-18,22H,12-13H2,1-2H3. The Balaban J connectivity index is 1.86. The predicted molar refractivity (Wildman–Crippen MR) is 88.1 cm³/mol. The number of nitrogens with zero attached hydrogens (tertiary/aromatic N) is 2. The van der Waals surface area contributed by atoms with E-state index in [1.165, 1.54) is 16.8 Å². The van der Waals surface area contributed by atoms with Crippen LogP contribution in [-0.4, -0.2) is 29.5 Å². The Kier molecular flexibility index (Phi) is 3.03. The van der Waals surface area contributed by atoms with Gasteiger partial charge in [0.2, 0.25) is 0 Å². The molecule has 2 aliphatic rings. The second-order valence-corrected chi connectivity index (χ2v) is 7.25. The lowest BCUT2D eigenvalue weighted by molar-refractivity contribution is -0.162. The summed E-state index contributed by atoms with van der Waals surface area (Å²) in [6, 6.07) is 19.1. The highest BCUT2D eigenvalue weighted by atomic mass is 16.5. The first-order valence-electron chi connectivity index (χ1n) is 7.93. The molecule has 2 unspecified atom stereocenters. The van der Waals surface area contributed by atoms with Crippen LogP contribution in [0.15, 0.2) is 54.6 Å². The Morgan fingerprint density at radius 1 is 0.955 bits per heavy atom. The van der Waals surface area contributed by atoms with Crippen LogP contribution in [-0.2, 0) is 0 Å². The van der Waals surface area contributed by atoms with Gasteiger partial charge in [-0.1, -0.05) is 62.4 Å². The van der Waals surface area contributed by atoms with Crippen molar-refractivity contribution in [2.24, 2.45) is 5.41 Å². The molecule has 0 bridgehead atoms. The minimum absolute atomic E-state index is 0.00664. The van der Waals surface area contributed by atoms with Crippen LogP contribution in [0.4, 0.5) is 5.69 Å². The number of hydroxylamine groups is 2. The summed E-state index contributed by atoms with van der Waals surface area (Å²) in [4.78, 5) is 2.37. The van der Waals surface area contributed by atoms with Crippen molar-refractivity contribution in [3.8, 4) is 0 Å². The van der Waals surface area contributed by atoms with Gasteiger partial charge in [-0.2, -0.15) is 5.06 Å². The lowest BCUT2D eigenvalue weighted by Gasteiger charge is -2.47. The number of para-hydroxylation sites is 1. The molecule has 1 N–H and O–H groups in total. The van der Waals surface area contributed by atoms with Gasteiger partial charge in [-0.15, -0.1) is 0 Å². The fourth-order valence-electron chi connectivity index (χ4n) is 4.06. The highest BCUT2D eigenvalue weighted by Crippen LogP contribution is 2.48. The Morgan fingerprint density at radius 2 is 1.64 bits per heavy atom. The smallest absolute Gasteiger partial charge is 0.116 e. The monoisotopic (exact) mass is 294 g/mol. The van der Waals surface area contributed by atoms with E-state index in [0.717, 1.165) is 6.54 Å². The molecule has 0 amide bonds. The molecule has 3 nitrogen and oxygen atoms in total. The number of fused-ring (bicyclic) bond motifs is 3. The zero-order chi connectivity index (χ0) is 15.3. The van der Waals surface area contributed by atoms with Crippen LogP contribution in [0.1, 0.15) is 30.9 Å². The van der Waals surface area contributed by atoms with Gasteiger partial charge >= 0.3 is 0 Å². The molecule has 0 aromatic heterocycles. The van der Waals surface area contributed by atoms with Crippen molar-refractivity contribution >= 4 is 5.69 Å². The number of benzene rings is 2. The molecule has 1 saturated heterocycles. The van der Waals surface area contributed by atoms with Crippen LogP contribution in [0.25, 0.3) is 0 Å². The maximum Gasteiger partial charge on any atom is 0.116 e. The second kappa shape index (κ2) is 4.83. The van der Waals surface area contributed by atoms with Gasteiger partial charge in [-0.25, -0.2) is 0 Å². The van der Waals surface area contributed by atoms with Crippen molar-refractivity contribution < 1.29 is 5.21 Å². The molecule has 0 radical (unpaired) electrons. The third kappa shape index (κ3) is 2.04. The van der Waals surface area contributed by atoms with E-state index in [4.69, 9.17) is 0 Å². The van der Waals surface area contributed by atoms with Gasteiger partial charge in [0, 0.05) is 24.7 Å². The van der Waals surface area contributed by atoms with Crippen molar-refractivity contribution in [1.82, 2.24) is 5.06 Å². The van der Waals surface area contributed by atoms with Crippen molar-refractivity contribution in [2.45, 2.75) is 25.9 Å². The SMILES string of the molecule is CC1(C)CN(O)C2C(c3ccccc3)c3ccccc3N2C1. The van der Waals surface area contributed by atoms with Crippen LogP contribution in [0, 0.1) is 5.41 Å². The maximum atomic E-state index is 10.7. The largest absolute Gasteiger partial charge is 0.352 e. The summed E-state index contributed by atoms with van der Waals surface area (Å²) in [6.07, 6.45) is -0.00664. The Morgan fingerprint density at radius 3 is 2.41 bits per heavy atom. The number of hydrogen-bond acceptors (Lipinski definition) is 3. The summed E-state index contributed by atoms with van der Waals surface area (Å²) in [5.74, 6) is 0.193. The fraction of sp³-hybridized carbons (Fsp3) is 0.368. The Bertz CT molecular complexity index is 683. The van der Waals surface area contributed by atoms with Crippen LogP contribution in [0.2, 0.25) is 0 Å².